The van der Waals surface area contributed by atoms with Crippen molar-refractivity contribution in [1.29, 1.82) is 0 Å². The standard InChI is InChI=1S/C20H26ClN5O2/c1-4-22-17-9-10-18(24-23-17)25-11-13-26(14-12-25)19(27)20(2,3)28-16-7-5-15(21)6-8-16/h5-10H,4,11-14H2,1-3H3,(H,22,23). The van der Waals surface area contributed by atoms with Crippen molar-refractivity contribution in [1.82, 2.24) is 15.1 Å². The SMILES string of the molecule is CCNc1ccc(N2CCN(C(=O)C(C)(C)Oc3ccc(Cl)cc3)CC2)nn1. The number of piperazine rings is 1. The summed E-state index contributed by atoms with van der Waals surface area (Å²) < 4.78 is 5.93. The molecule has 150 valence electrons. The molecule has 0 atom stereocenters. The van der Waals surface area contributed by atoms with E-state index in [9.17, 15) is 4.79 Å². The molecule has 2 heterocycles. The Hall–Kier alpha value is -2.54. The Labute approximate surface area is 170 Å². The summed E-state index contributed by atoms with van der Waals surface area (Å²) in [6.45, 7) is 9.05. The van der Waals surface area contributed by atoms with Crippen LogP contribution in [0.1, 0.15) is 20.8 Å². The van der Waals surface area contributed by atoms with E-state index in [1.165, 1.54) is 0 Å². The van der Waals surface area contributed by atoms with Gasteiger partial charge in [0.1, 0.15) is 11.6 Å². The van der Waals surface area contributed by atoms with Gasteiger partial charge < -0.3 is 19.9 Å². The fourth-order valence-corrected chi connectivity index (χ4v) is 3.26. The molecule has 7 nitrogen and oxygen atoms in total. The zero-order valence-corrected chi connectivity index (χ0v) is 17.2. The van der Waals surface area contributed by atoms with Crippen molar-refractivity contribution in [2.45, 2.75) is 26.4 Å². The van der Waals surface area contributed by atoms with Crippen molar-refractivity contribution in [3.8, 4) is 5.75 Å². The van der Waals surface area contributed by atoms with Gasteiger partial charge >= 0.3 is 0 Å². The zero-order chi connectivity index (χ0) is 20.1. The van der Waals surface area contributed by atoms with Crippen LogP contribution in [0.5, 0.6) is 5.75 Å². The smallest absolute Gasteiger partial charge is 0.266 e. The van der Waals surface area contributed by atoms with E-state index in [2.05, 4.69) is 20.4 Å². The van der Waals surface area contributed by atoms with Crippen LogP contribution in [0.15, 0.2) is 36.4 Å². The first-order valence-corrected chi connectivity index (χ1v) is 9.83. The normalized spacial score (nSPS) is 14.7. The average Bonchev–Trinajstić information content (AvgIpc) is 2.70. The summed E-state index contributed by atoms with van der Waals surface area (Å²) in [5, 5.41) is 12.2. The maximum atomic E-state index is 13.0. The molecule has 1 amide bonds. The van der Waals surface area contributed by atoms with Crippen molar-refractivity contribution >= 4 is 29.1 Å². The summed E-state index contributed by atoms with van der Waals surface area (Å²) >= 11 is 5.91. The summed E-state index contributed by atoms with van der Waals surface area (Å²) in [5.41, 5.74) is -0.955. The fraction of sp³-hybridized carbons (Fsp3) is 0.450. The van der Waals surface area contributed by atoms with E-state index < -0.39 is 5.60 Å². The summed E-state index contributed by atoms with van der Waals surface area (Å²) in [5.74, 6) is 2.18. The average molecular weight is 404 g/mol. The molecule has 1 N–H and O–H groups in total. The Balaban J connectivity index is 1.57. The highest BCUT2D eigenvalue weighted by atomic mass is 35.5. The number of hydrogen-bond donors (Lipinski definition) is 1. The number of anilines is 2. The molecule has 1 fully saturated rings. The molecule has 0 saturated carbocycles. The van der Waals surface area contributed by atoms with E-state index in [4.69, 9.17) is 16.3 Å². The number of amides is 1. The third-order valence-electron chi connectivity index (χ3n) is 4.60. The van der Waals surface area contributed by atoms with E-state index in [1.807, 2.05) is 24.0 Å². The molecule has 1 aliphatic heterocycles. The van der Waals surface area contributed by atoms with Crippen LogP contribution in [-0.2, 0) is 4.79 Å². The summed E-state index contributed by atoms with van der Waals surface area (Å²) in [7, 11) is 0. The first-order chi connectivity index (χ1) is 13.4. The van der Waals surface area contributed by atoms with Crippen molar-refractivity contribution in [2.24, 2.45) is 0 Å². The minimum atomic E-state index is -0.955. The lowest BCUT2D eigenvalue weighted by molar-refractivity contribution is -0.145. The number of rotatable bonds is 6. The van der Waals surface area contributed by atoms with Crippen LogP contribution in [0, 0.1) is 0 Å². The molecular weight excluding hydrogens is 378 g/mol. The van der Waals surface area contributed by atoms with Gasteiger partial charge in [0.05, 0.1) is 0 Å². The first kappa shape index (κ1) is 20.2. The van der Waals surface area contributed by atoms with E-state index in [0.29, 0.717) is 37.0 Å². The van der Waals surface area contributed by atoms with Gasteiger partial charge in [-0.2, -0.15) is 0 Å². The second-order valence-corrected chi connectivity index (χ2v) is 7.59. The number of benzene rings is 1. The van der Waals surface area contributed by atoms with Gasteiger partial charge in [-0.1, -0.05) is 11.6 Å². The highest BCUT2D eigenvalue weighted by Gasteiger charge is 2.35. The predicted octanol–water partition coefficient (Wildman–Crippen LogP) is 3.07. The highest BCUT2D eigenvalue weighted by molar-refractivity contribution is 6.30. The van der Waals surface area contributed by atoms with Gasteiger partial charge in [0, 0.05) is 37.7 Å². The minimum Gasteiger partial charge on any atom is -0.478 e. The van der Waals surface area contributed by atoms with Gasteiger partial charge in [0.15, 0.2) is 11.4 Å². The largest absolute Gasteiger partial charge is 0.478 e. The number of halogens is 1. The molecule has 0 aliphatic carbocycles. The second kappa shape index (κ2) is 8.65. The molecule has 1 saturated heterocycles. The predicted molar refractivity (Wildman–Crippen MR) is 111 cm³/mol. The van der Waals surface area contributed by atoms with E-state index in [1.54, 1.807) is 38.1 Å². The van der Waals surface area contributed by atoms with Crippen molar-refractivity contribution in [2.75, 3.05) is 42.9 Å². The van der Waals surface area contributed by atoms with Gasteiger partial charge in [-0.3, -0.25) is 4.79 Å². The molecule has 1 aromatic heterocycles. The molecule has 2 aromatic rings. The topological polar surface area (TPSA) is 70.6 Å². The second-order valence-electron chi connectivity index (χ2n) is 7.15. The van der Waals surface area contributed by atoms with Crippen LogP contribution < -0.4 is 15.0 Å². The zero-order valence-electron chi connectivity index (χ0n) is 16.5. The van der Waals surface area contributed by atoms with Crippen LogP contribution in [0.25, 0.3) is 0 Å². The molecule has 0 unspecified atom stereocenters. The molecule has 3 rings (SSSR count). The molecule has 0 bridgehead atoms. The molecule has 0 spiro atoms. The summed E-state index contributed by atoms with van der Waals surface area (Å²) in [6.07, 6.45) is 0. The van der Waals surface area contributed by atoms with Crippen molar-refractivity contribution < 1.29 is 9.53 Å². The molecule has 1 aromatic carbocycles. The van der Waals surface area contributed by atoms with Gasteiger partial charge in [0.25, 0.3) is 5.91 Å². The lowest BCUT2D eigenvalue weighted by atomic mass is 10.1. The van der Waals surface area contributed by atoms with Crippen LogP contribution in [0.4, 0.5) is 11.6 Å². The Morgan fingerprint density at radius 1 is 1.11 bits per heavy atom. The van der Waals surface area contributed by atoms with Crippen LogP contribution in [0.3, 0.4) is 0 Å². The maximum absolute atomic E-state index is 13.0. The van der Waals surface area contributed by atoms with E-state index >= 15 is 0 Å². The van der Waals surface area contributed by atoms with Crippen LogP contribution in [-0.4, -0.2) is 59.3 Å². The number of hydrogen-bond acceptors (Lipinski definition) is 6. The lowest BCUT2D eigenvalue weighted by Crippen LogP contribution is -2.56. The van der Waals surface area contributed by atoms with Crippen molar-refractivity contribution in [3.05, 3.63) is 41.4 Å². The minimum absolute atomic E-state index is 0.0318. The summed E-state index contributed by atoms with van der Waals surface area (Å²) in [6, 6.07) is 10.9. The molecule has 8 heteroatoms. The summed E-state index contributed by atoms with van der Waals surface area (Å²) in [4.78, 5) is 16.9. The van der Waals surface area contributed by atoms with Gasteiger partial charge in [-0.25, -0.2) is 0 Å². The van der Waals surface area contributed by atoms with Gasteiger partial charge in [-0.05, 0) is 57.2 Å². The Morgan fingerprint density at radius 3 is 2.36 bits per heavy atom. The molecule has 28 heavy (non-hydrogen) atoms. The molecule has 0 radical (unpaired) electrons. The number of nitrogens with one attached hydrogen (secondary N) is 1. The Kier molecular flexibility index (Phi) is 6.24. The monoisotopic (exact) mass is 403 g/mol. The Morgan fingerprint density at radius 2 is 1.79 bits per heavy atom. The molecular formula is C20H26ClN5O2. The van der Waals surface area contributed by atoms with Crippen molar-refractivity contribution in [3.63, 3.8) is 0 Å². The third kappa shape index (κ3) is 4.84. The van der Waals surface area contributed by atoms with Crippen LogP contribution >= 0.6 is 11.6 Å². The number of carbonyl (C=O) groups excluding carboxylic acids is 1. The number of ether oxygens (including phenoxy) is 1. The highest BCUT2D eigenvalue weighted by Crippen LogP contribution is 2.23. The van der Waals surface area contributed by atoms with E-state index in [0.717, 1.165) is 18.2 Å². The first-order valence-electron chi connectivity index (χ1n) is 9.45. The maximum Gasteiger partial charge on any atom is 0.266 e. The molecule has 1 aliphatic rings. The Bertz CT molecular complexity index is 787. The van der Waals surface area contributed by atoms with Crippen LogP contribution in [0.2, 0.25) is 5.02 Å². The van der Waals surface area contributed by atoms with Gasteiger partial charge in [0.2, 0.25) is 0 Å². The number of aromatic nitrogens is 2. The number of carbonyl (C=O) groups is 1. The fourth-order valence-electron chi connectivity index (χ4n) is 3.13. The van der Waals surface area contributed by atoms with E-state index in [-0.39, 0.29) is 5.91 Å². The third-order valence-corrected chi connectivity index (χ3v) is 4.85. The van der Waals surface area contributed by atoms with Gasteiger partial charge in [-0.15, -0.1) is 10.2 Å². The number of nitrogens with zero attached hydrogens (tertiary/aromatic N) is 4. The lowest BCUT2D eigenvalue weighted by Gasteiger charge is -2.38. The quantitative estimate of drug-likeness (QED) is 0.799.